The van der Waals surface area contributed by atoms with E-state index in [2.05, 4.69) is 57.9 Å². The topological polar surface area (TPSA) is 47.8 Å². The zero-order valence-corrected chi connectivity index (χ0v) is 18.5. The first-order valence-corrected chi connectivity index (χ1v) is 11.6. The quantitative estimate of drug-likeness (QED) is 0.759. The van der Waals surface area contributed by atoms with Gasteiger partial charge >= 0.3 is 0 Å². The SMILES string of the molecule is CC(C)N1CCC(N2CCN(Cc3ccc(-n4cccn4)cc3)C[C@H]2CCO)CC1. The van der Waals surface area contributed by atoms with Crippen LogP contribution in [0.15, 0.2) is 42.7 Å². The third-order valence-electron chi connectivity index (χ3n) is 6.88. The average Bonchev–Trinajstić information content (AvgIpc) is 3.30. The van der Waals surface area contributed by atoms with E-state index < -0.39 is 0 Å². The molecule has 1 aromatic carbocycles. The predicted octanol–water partition coefficient (Wildman–Crippen LogP) is 2.61. The summed E-state index contributed by atoms with van der Waals surface area (Å²) < 4.78 is 1.89. The first-order valence-electron chi connectivity index (χ1n) is 11.6. The Morgan fingerprint density at radius 3 is 2.47 bits per heavy atom. The monoisotopic (exact) mass is 411 g/mol. The number of hydrogen-bond donors (Lipinski definition) is 1. The molecule has 0 saturated carbocycles. The summed E-state index contributed by atoms with van der Waals surface area (Å²) in [6.07, 6.45) is 7.17. The van der Waals surface area contributed by atoms with Gasteiger partial charge in [0, 0.05) is 63.3 Å². The molecule has 3 heterocycles. The van der Waals surface area contributed by atoms with Crippen LogP contribution >= 0.6 is 0 Å². The van der Waals surface area contributed by atoms with Crippen LogP contribution in [-0.2, 0) is 6.54 Å². The number of rotatable bonds is 7. The minimum Gasteiger partial charge on any atom is -0.396 e. The Balaban J connectivity index is 1.34. The third kappa shape index (κ3) is 5.11. The lowest BCUT2D eigenvalue weighted by atomic mass is 9.97. The van der Waals surface area contributed by atoms with E-state index in [4.69, 9.17) is 0 Å². The van der Waals surface area contributed by atoms with Gasteiger partial charge in [-0.25, -0.2) is 4.68 Å². The molecule has 0 bridgehead atoms. The number of hydrogen-bond acceptors (Lipinski definition) is 5. The molecule has 2 aliphatic heterocycles. The van der Waals surface area contributed by atoms with Crippen molar-refractivity contribution in [1.82, 2.24) is 24.5 Å². The summed E-state index contributed by atoms with van der Waals surface area (Å²) in [4.78, 5) is 7.87. The standard InChI is InChI=1S/C24H37N5O/c1-20(2)27-13-8-22(9-14-27)28-16-15-26(19-24(28)10-17-30)18-21-4-6-23(7-5-21)29-12-3-11-25-29/h3-7,11-12,20,22,24,30H,8-10,13-19H2,1-2H3/t24-/m1/s1. The zero-order chi connectivity index (χ0) is 20.9. The van der Waals surface area contributed by atoms with Crippen molar-refractivity contribution in [3.8, 4) is 5.69 Å². The highest BCUT2D eigenvalue weighted by atomic mass is 16.3. The maximum Gasteiger partial charge on any atom is 0.0645 e. The van der Waals surface area contributed by atoms with Crippen molar-refractivity contribution in [2.24, 2.45) is 0 Å². The number of aliphatic hydroxyl groups excluding tert-OH is 1. The predicted molar refractivity (Wildman–Crippen MR) is 121 cm³/mol. The highest BCUT2D eigenvalue weighted by molar-refractivity contribution is 5.33. The molecule has 2 saturated heterocycles. The smallest absolute Gasteiger partial charge is 0.0645 e. The van der Waals surface area contributed by atoms with Crippen molar-refractivity contribution < 1.29 is 5.11 Å². The Morgan fingerprint density at radius 1 is 1.07 bits per heavy atom. The summed E-state index contributed by atoms with van der Waals surface area (Å²) in [7, 11) is 0. The fourth-order valence-corrected chi connectivity index (χ4v) is 5.13. The fraction of sp³-hybridized carbons (Fsp3) is 0.625. The lowest BCUT2D eigenvalue weighted by molar-refractivity contribution is -0.0000293. The van der Waals surface area contributed by atoms with Crippen molar-refractivity contribution in [3.63, 3.8) is 0 Å². The summed E-state index contributed by atoms with van der Waals surface area (Å²) in [6.45, 7) is 11.5. The molecule has 30 heavy (non-hydrogen) atoms. The minimum atomic E-state index is 0.276. The summed E-state index contributed by atoms with van der Waals surface area (Å²) >= 11 is 0. The Kier molecular flexibility index (Phi) is 7.20. The van der Waals surface area contributed by atoms with Gasteiger partial charge in [0.2, 0.25) is 0 Å². The van der Waals surface area contributed by atoms with E-state index in [0.29, 0.717) is 18.1 Å². The van der Waals surface area contributed by atoms with E-state index in [1.807, 2.05) is 16.9 Å². The Morgan fingerprint density at radius 2 is 1.83 bits per heavy atom. The molecule has 0 spiro atoms. The van der Waals surface area contributed by atoms with E-state index in [9.17, 15) is 5.11 Å². The maximum absolute atomic E-state index is 9.68. The number of piperazine rings is 1. The molecule has 6 heteroatoms. The third-order valence-corrected chi connectivity index (χ3v) is 6.88. The molecule has 2 aliphatic rings. The molecule has 4 rings (SSSR count). The van der Waals surface area contributed by atoms with E-state index in [1.54, 1.807) is 6.20 Å². The number of aromatic nitrogens is 2. The molecule has 0 radical (unpaired) electrons. The van der Waals surface area contributed by atoms with Crippen LogP contribution in [0.1, 0.15) is 38.7 Å². The van der Waals surface area contributed by atoms with Gasteiger partial charge in [0.25, 0.3) is 0 Å². The fourth-order valence-electron chi connectivity index (χ4n) is 5.13. The molecule has 164 valence electrons. The number of benzene rings is 1. The van der Waals surface area contributed by atoms with Gasteiger partial charge in [-0.2, -0.15) is 5.10 Å². The highest BCUT2D eigenvalue weighted by Gasteiger charge is 2.33. The molecule has 0 aliphatic carbocycles. The Labute approximate surface area is 181 Å². The van der Waals surface area contributed by atoms with Gasteiger partial charge in [0.1, 0.15) is 0 Å². The van der Waals surface area contributed by atoms with Crippen LogP contribution in [0.2, 0.25) is 0 Å². The van der Waals surface area contributed by atoms with Crippen LogP contribution in [0.4, 0.5) is 0 Å². The van der Waals surface area contributed by atoms with E-state index in [0.717, 1.165) is 38.3 Å². The molecular formula is C24H37N5O. The average molecular weight is 412 g/mol. The summed E-state index contributed by atoms with van der Waals surface area (Å²) in [6, 6.07) is 12.4. The zero-order valence-electron chi connectivity index (χ0n) is 18.5. The summed E-state index contributed by atoms with van der Waals surface area (Å²) in [5, 5.41) is 14.0. The molecule has 1 aromatic heterocycles. The van der Waals surface area contributed by atoms with Gasteiger partial charge in [-0.15, -0.1) is 0 Å². The molecule has 1 N–H and O–H groups in total. The summed E-state index contributed by atoms with van der Waals surface area (Å²) in [5.41, 5.74) is 2.44. The first kappa shape index (κ1) is 21.5. The molecule has 2 fully saturated rings. The van der Waals surface area contributed by atoms with Crippen LogP contribution in [0.25, 0.3) is 5.69 Å². The van der Waals surface area contributed by atoms with Gasteiger partial charge in [-0.1, -0.05) is 12.1 Å². The van der Waals surface area contributed by atoms with Crippen molar-refractivity contribution in [3.05, 3.63) is 48.3 Å². The number of likely N-dealkylation sites (tertiary alicyclic amines) is 1. The lowest BCUT2D eigenvalue weighted by Gasteiger charge is -2.48. The van der Waals surface area contributed by atoms with Crippen molar-refractivity contribution in [1.29, 1.82) is 0 Å². The van der Waals surface area contributed by atoms with E-state index in [1.165, 1.54) is 31.5 Å². The van der Waals surface area contributed by atoms with Crippen LogP contribution in [0.5, 0.6) is 0 Å². The van der Waals surface area contributed by atoms with Gasteiger partial charge in [0.15, 0.2) is 0 Å². The highest BCUT2D eigenvalue weighted by Crippen LogP contribution is 2.25. The van der Waals surface area contributed by atoms with Crippen molar-refractivity contribution in [2.75, 3.05) is 39.3 Å². The van der Waals surface area contributed by atoms with E-state index in [-0.39, 0.29) is 6.61 Å². The largest absolute Gasteiger partial charge is 0.396 e. The number of piperidine rings is 1. The lowest BCUT2D eigenvalue weighted by Crippen LogP contribution is -2.58. The molecule has 6 nitrogen and oxygen atoms in total. The Hall–Kier alpha value is -1.73. The van der Waals surface area contributed by atoms with Crippen molar-refractivity contribution >= 4 is 0 Å². The van der Waals surface area contributed by atoms with Gasteiger partial charge in [-0.05, 0) is 70.0 Å². The van der Waals surface area contributed by atoms with Crippen LogP contribution in [-0.4, -0.2) is 87.0 Å². The first-order chi connectivity index (χ1) is 14.6. The van der Waals surface area contributed by atoms with Crippen LogP contribution in [0.3, 0.4) is 0 Å². The number of nitrogens with zero attached hydrogens (tertiary/aromatic N) is 5. The van der Waals surface area contributed by atoms with E-state index >= 15 is 0 Å². The molecular weight excluding hydrogens is 374 g/mol. The van der Waals surface area contributed by atoms with Gasteiger partial charge in [0.05, 0.1) is 5.69 Å². The second-order valence-corrected chi connectivity index (χ2v) is 9.12. The molecule has 2 aromatic rings. The Bertz CT molecular complexity index is 752. The second-order valence-electron chi connectivity index (χ2n) is 9.12. The molecule has 0 unspecified atom stereocenters. The van der Waals surface area contributed by atoms with Gasteiger partial charge < -0.3 is 10.0 Å². The second kappa shape index (κ2) is 10.1. The summed E-state index contributed by atoms with van der Waals surface area (Å²) in [5.74, 6) is 0. The molecule has 1 atom stereocenters. The van der Waals surface area contributed by atoms with Crippen molar-refractivity contribution in [2.45, 2.75) is 57.8 Å². The van der Waals surface area contributed by atoms with Crippen LogP contribution < -0.4 is 0 Å². The normalized spacial score (nSPS) is 22.7. The molecule has 0 amide bonds. The maximum atomic E-state index is 9.68. The number of aliphatic hydroxyl groups is 1. The van der Waals surface area contributed by atoms with Gasteiger partial charge in [-0.3, -0.25) is 9.80 Å². The van der Waals surface area contributed by atoms with Crippen LogP contribution in [0, 0.1) is 0 Å². The minimum absolute atomic E-state index is 0.276.